The van der Waals surface area contributed by atoms with Gasteiger partial charge in [0, 0.05) is 5.03 Å². The van der Waals surface area contributed by atoms with Crippen LogP contribution in [0, 0.1) is 0 Å². The predicted molar refractivity (Wildman–Crippen MR) is 51.0 cm³/mol. The van der Waals surface area contributed by atoms with E-state index in [0.29, 0.717) is 11.6 Å². The number of alkyl halides is 1. The molecule has 0 bridgehead atoms. The van der Waals surface area contributed by atoms with E-state index in [-0.39, 0.29) is 10.7 Å². The summed E-state index contributed by atoms with van der Waals surface area (Å²) in [5, 5.41) is 3.05. The first-order valence-corrected chi connectivity index (χ1v) is 4.62. The summed E-state index contributed by atoms with van der Waals surface area (Å²) < 4.78 is 0. The van der Waals surface area contributed by atoms with E-state index in [2.05, 4.69) is 27.8 Å². The maximum Gasteiger partial charge on any atom is 0.234 e. The number of hydrogen-bond acceptors (Lipinski definition) is 1. The standard InChI is InChI=1S/C7H11BrClNO/c1-3-6(8)7(11)10-4-5(2)9/h6H,2-4H2,1H3,(H,10,11). The van der Waals surface area contributed by atoms with E-state index < -0.39 is 0 Å². The van der Waals surface area contributed by atoms with Crippen molar-refractivity contribution < 1.29 is 4.79 Å². The molecule has 11 heavy (non-hydrogen) atoms. The number of carbonyl (C=O) groups is 1. The lowest BCUT2D eigenvalue weighted by Crippen LogP contribution is -2.31. The molecular weight excluding hydrogens is 229 g/mol. The van der Waals surface area contributed by atoms with Crippen molar-refractivity contribution in [3.63, 3.8) is 0 Å². The summed E-state index contributed by atoms with van der Waals surface area (Å²) in [6.07, 6.45) is 0.764. The van der Waals surface area contributed by atoms with Crippen LogP contribution in [-0.2, 0) is 4.79 Å². The third kappa shape index (κ3) is 5.27. The molecule has 0 radical (unpaired) electrons. The monoisotopic (exact) mass is 239 g/mol. The van der Waals surface area contributed by atoms with E-state index in [9.17, 15) is 4.79 Å². The molecule has 1 amide bonds. The molecule has 64 valence electrons. The first-order chi connectivity index (χ1) is 5.07. The number of hydrogen-bond donors (Lipinski definition) is 1. The molecule has 0 aromatic rings. The van der Waals surface area contributed by atoms with Crippen molar-refractivity contribution in [3.8, 4) is 0 Å². The lowest BCUT2D eigenvalue weighted by Gasteiger charge is -2.06. The minimum Gasteiger partial charge on any atom is -0.350 e. The Bertz CT molecular complexity index is 161. The molecule has 0 fully saturated rings. The van der Waals surface area contributed by atoms with Gasteiger partial charge in [-0.15, -0.1) is 0 Å². The average molecular weight is 241 g/mol. The molecule has 1 unspecified atom stereocenters. The van der Waals surface area contributed by atoms with E-state index in [4.69, 9.17) is 11.6 Å². The smallest absolute Gasteiger partial charge is 0.234 e. The number of nitrogens with one attached hydrogen (secondary N) is 1. The van der Waals surface area contributed by atoms with Crippen LogP contribution in [0.3, 0.4) is 0 Å². The Morgan fingerprint density at radius 2 is 2.36 bits per heavy atom. The normalized spacial score (nSPS) is 12.3. The number of amides is 1. The topological polar surface area (TPSA) is 29.1 Å². The highest BCUT2D eigenvalue weighted by molar-refractivity contribution is 9.10. The highest BCUT2D eigenvalue weighted by atomic mass is 79.9. The van der Waals surface area contributed by atoms with Crippen LogP contribution < -0.4 is 5.32 Å². The number of rotatable bonds is 4. The molecular formula is C7H11BrClNO. The quantitative estimate of drug-likeness (QED) is 0.749. The third-order valence-electron chi connectivity index (χ3n) is 1.10. The van der Waals surface area contributed by atoms with Crippen molar-refractivity contribution in [1.29, 1.82) is 0 Å². The van der Waals surface area contributed by atoms with Crippen LogP contribution >= 0.6 is 27.5 Å². The highest BCUT2D eigenvalue weighted by Crippen LogP contribution is 2.04. The largest absolute Gasteiger partial charge is 0.350 e. The summed E-state index contributed by atoms with van der Waals surface area (Å²) >= 11 is 8.65. The second kappa shape index (κ2) is 5.61. The van der Waals surface area contributed by atoms with E-state index in [1.807, 2.05) is 6.92 Å². The Balaban J connectivity index is 3.60. The van der Waals surface area contributed by atoms with Crippen LogP contribution in [0.25, 0.3) is 0 Å². The zero-order valence-corrected chi connectivity index (χ0v) is 8.70. The van der Waals surface area contributed by atoms with E-state index >= 15 is 0 Å². The number of halogens is 2. The van der Waals surface area contributed by atoms with Gasteiger partial charge in [-0.25, -0.2) is 0 Å². The fourth-order valence-corrected chi connectivity index (χ4v) is 0.708. The molecule has 0 aliphatic heterocycles. The number of carbonyl (C=O) groups excluding carboxylic acids is 1. The molecule has 0 aromatic carbocycles. The van der Waals surface area contributed by atoms with Crippen LogP contribution in [-0.4, -0.2) is 17.3 Å². The van der Waals surface area contributed by atoms with Crippen LogP contribution in [0.15, 0.2) is 11.6 Å². The lowest BCUT2D eigenvalue weighted by molar-refractivity contribution is -0.120. The Morgan fingerprint density at radius 1 is 1.82 bits per heavy atom. The molecule has 0 aliphatic rings. The van der Waals surface area contributed by atoms with E-state index in [0.717, 1.165) is 6.42 Å². The van der Waals surface area contributed by atoms with Crippen molar-refractivity contribution in [2.24, 2.45) is 0 Å². The molecule has 0 aromatic heterocycles. The van der Waals surface area contributed by atoms with Crippen LogP contribution in [0.1, 0.15) is 13.3 Å². The van der Waals surface area contributed by atoms with Gasteiger partial charge in [-0.05, 0) is 6.42 Å². The molecule has 0 spiro atoms. The van der Waals surface area contributed by atoms with Gasteiger partial charge in [0.15, 0.2) is 0 Å². The summed E-state index contributed by atoms with van der Waals surface area (Å²) in [5.41, 5.74) is 0. The van der Waals surface area contributed by atoms with Gasteiger partial charge < -0.3 is 5.32 Å². The predicted octanol–water partition coefficient (Wildman–Crippen LogP) is 2.03. The summed E-state index contributed by atoms with van der Waals surface area (Å²) in [7, 11) is 0. The van der Waals surface area contributed by atoms with Crippen LogP contribution in [0.5, 0.6) is 0 Å². The molecule has 1 atom stereocenters. The SMILES string of the molecule is C=C(Cl)CNC(=O)C(Br)CC. The van der Waals surface area contributed by atoms with Gasteiger partial charge in [-0.2, -0.15) is 0 Å². The Hall–Kier alpha value is -0.0200. The van der Waals surface area contributed by atoms with E-state index in [1.54, 1.807) is 0 Å². The summed E-state index contributed by atoms with van der Waals surface area (Å²) in [6.45, 7) is 5.71. The maximum absolute atomic E-state index is 11.0. The Kier molecular flexibility index (Phi) is 5.60. The van der Waals surface area contributed by atoms with Crippen molar-refractivity contribution >= 4 is 33.4 Å². The van der Waals surface area contributed by atoms with Gasteiger partial charge in [0.1, 0.15) is 0 Å². The summed E-state index contributed by atoms with van der Waals surface area (Å²) in [4.78, 5) is 10.9. The zero-order chi connectivity index (χ0) is 8.85. The van der Waals surface area contributed by atoms with Gasteiger partial charge in [-0.3, -0.25) is 4.79 Å². The third-order valence-corrected chi connectivity index (χ3v) is 2.29. The maximum atomic E-state index is 11.0. The molecule has 0 saturated heterocycles. The van der Waals surface area contributed by atoms with Gasteiger partial charge in [0.25, 0.3) is 0 Å². The first kappa shape index (κ1) is 11.0. The van der Waals surface area contributed by atoms with Crippen LogP contribution in [0.2, 0.25) is 0 Å². The fraction of sp³-hybridized carbons (Fsp3) is 0.571. The van der Waals surface area contributed by atoms with Crippen molar-refractivity contribution in [2.75, 3.05) is 6.54 Å². The second-order valence-corrected chi connectivity index (χ2v) is 3.75. The minimum atomic E-state index is -0.126. The Morgan fingerprint density at radius 3 is 2.73 bits per heavy atom. The Labute approximate surface area is 80.1 Å². The van der Waals surface area contributed by atoms with Crippen LogP contribution in [0.4, 0.5) is 0 Å². The van der Waals surface area contributed by atoms with Crippen molar-refractivity contribution in [2.45, 2.75) is 18.2 Å². The van der Waals surface area contributed by atoms with Crippen molar-refractivity contribution in [3.05, 3.63) is 11.6 Å². The van der Waals surface area contributed by atoms with Gasteiger partial charge in [0.2, 0.25) is 5.91 Å². The molecule has 4 heteroatoms. The highest BCUT2D eigenvalue weighted by Gasteiger charge is 2.10. The second-order valence-electron chi connectivity index (χ2n) is 2.11. The zero-order valence-electron chi connectivity index (χ0n) is 6.36. The van der Waals surface area contributed by atoms with Gasteiger partial charge in [0.05, 0.1) is 11.4 Å². The molecule has 2 nitrogen and oxygen atoms in total. The van der Waals surface area contributed by atoms with E-state index in [1.165, 1.54) is 0 Å². The summed E-state index contributed by atoms with van der Waals surface area (Å²) in [5.74, 6) is -0.0469. The van der Waals surface area contributed by atoms with Crippen molar-refractivity contribution in [1.82, 2.24) is 5.32 Å². The molecule has 0 heterocycles. The minimum absolute atomic E-state index is 0.0469. The van der Waals surface area contributed by atoms with Gasteiger partial charge in [-0.1, -0.05) is 41.0 Å². The molecule has 0 rings (SSSR count). The fourth-order valence-electron chi connectivity index (χ4n) is 0.479. The molecule has 0 saturated carbocycles. The first-order valence-electron chi connectivity index (χ1n) is 3.33. The van der Waals surface area contributed by atoms with Gasteiger partial charge >= 0.3 is 0 Å². The molecule has 0 aliphatic carbocycles. The molecule has 1 N–H and O–H groups in total. The lowest BCUT2D eigenvalue weighted by atomic mass is 10.3. The summed E-state index contributed by atoms with van der Waals surface area (Å²) in [6, 6.07) is 0. The average Bonchev–Trinajstić information content (AvgIpc) is 1.98.